The van der Waals surface area contributed by atoms with Crippen LogP contribution in [0.4, 0.5) is 20.7 Å². The van der Waals surface area contributed by atoms with Crippen LogP contribution in [0.25, 0.3) is 11.1 Å². The quantitative estimate of drug-likeness (QED) is 0.221. The topological polar surface area (TPSA) is 169 Å². The number of benzene rings is 1. The van der Waals surface area contributed by atoms with Crippen LogP contribution < -0.4 is 20.9 Å². The summed E-state index contributed by atoms with van der Waals surface area (Å²) in [4.78, 5) is 47.0. The van der Waals surface area contributed by atoms with E-state index in [-0.39, 0.29) is 30.5 Å². The highest BCUT2D eigenvalue weighted by Gasteiger charge is 2.53. The molecule has 0 aliphatic carbocycles. The summed E-state index contributed by atoms with van der Waals surface area (Å²) in [5.74, 6) is -2.37. The number of fused-ring (bicyclic) bond motifs is 2. The minimum Gasteiger partial charge on any atom is -0.505 e. The molecule has 14 heteroatoms. The molecule has 41 heavy (non-hydrogen) atoms. The number of nitrogens with zero attached hydrogens (tertiary/aromatic N) is 4. The highest BCUT2D eigenvalue weighted by atomic mass is 19.1. The number of halogens is 1. The van der Waals surface area contributed by atoms with Gasteiger partial charge in [0.2, 0.25) is 0 Å². The lowest BCUT2D eigenvalue weighted by molar-refractivity contribution is -0.125. The molecule has 13 nitrogen and oxygen atoms in total. The third-order valence-electron chi connectivity index (χ3n) is 7.90. The molecule has 0 unspecified atom stereocenters. The van der Waals surface area contributed by atoms with E-state index in [2.05, 4.69) is 31.0 Å². The van der Waals surface area contributed by atoms with Crippen molar-refractivity contribution in [3.05, 3.63) is 65.4 Å². The van der Waals surface area contributed by atoms with Crippen LogP contribution in [0.5, 0.6) is 5.75 Å². The van der Waals surface area contributed by atoms with Gasteiger partial charge < -0.3 is 30.0 Å². The van der Waals surface area contributed by atoms with Crippen LogP contribution in [0.3, 0.4) is 0 Å². The molecule has 3 aliphatic rings. The van der Waals surface area contributed by atoms with Gasteiger partial charge in [0.15, 0.2) is 22.7 Å². The van der Waals surface area contributed by atoms with Crippen LogP contribution in [0.2, 0.25) is 0 Å². The second kappa shape index (κ2) is 9.30. The number of urea groups is 1. The Bertz CT molecular complexity index is 1700. The molecule has 2 saturated heterocycles. The van der Waals surface area contributed by atoms with Gasteiger partial charge in [-0.25, -0.2) is 14.2 Å². The summed E-state index contributed by atoms with van der Waals surface area (Å²) >= 11 is 0. The number of nitrogens with one attached hydrogen (secondary N) is 4. The van der Waals surface area contributed by atoms with Gasteiger partial charge in [0, 0.05) is 24.8 Å². The highest BCUT2D eigenvalue weighted by molar-refractivity contribution is 6.08. The average Bonchev–Trinajstić information content (AvgIpc) is 3.75. The second-order valence-electron chi connectivity index (χ2n) is 10.4. The molecule has 210 valence electrons. The first-order valence-corrected chi connectivity index (χ1v) is 13.2. The number of imide groups is 1. The monoisotopic (exact) mass is 560 g/mol. The Hall–Kier alpha value is -4.98. The lowest BCUT2D eigenvalue weighted by atomic mass is 9.95. The summed E-state index contributed by atoms with van der Waals surface area (Å²) in [6.07, 6.45) is 5.34. The second-order valence-corrected chi connectivity index (χ2v) is 10.4. The number of aromatic amines is 1. The zero-order valence-electron chi connectivity index (χ0n) is 21.6. The molecule has 0 saturated carbocycles. The Kier molecular flexibility index (Phi) is 5.67. The number of carbonyl (C=O) groups is 3. The van der Waals surface area contributed by atoms with Crippen LogP contribution in [0.1, 0.15) is 34.5 Å². The molecule has 3 aromatic heterocycles. The maximum atomic E-state index is 14.6. The third kappa shape index (κ3) is 3.97. The number of pyridine rings is 1. The van der Waals surface area contributed by atoms with E-state index in [1.807, 2.05) is 6.07 Å². The van der Waals surface area contributed by atoms with Gasteiger partial charge in [0.25, 0.3) is 11.8 Å². The fourth-order valence-corrected chi connectivity index (χ4v) is 5.90. The predicted octanol–water partition coefficient (Wildman–Crippen LogP) is 1.98. The fraction of sp³-hybridized carbons (Fsp3) is 0.296. The van der Waals surface area contributed by atoms with Crippen molar-refractivity contribution in [3.63, 3.8) is 0 Å². The van der Waals surface area contributed by atoms with Crippen molar-refractivity contribution in [2.24, 2.45) is 0 Å². The molecule has 0 spiro atoms. The number of aromatic nitrogens is 3. The number of furan rings is 1. The molecule has 2 fully saturated rings. The number of hydrogen-bond acceptors (Lipinski definition) is 9. The van der Waals surface area contributed by atoms with Gasteiger partial charge in [-0.15, -0.1) is 0 Å². The molecule has 1 aromatic carbocycles. The number of anilines is 2. The first-order valence-electron chi connectivity index (χ1n) is 13.2. The van der Waals surface area contributed by atoms with Gasteiger partial charge in [-0.3, -0.25) is 20.0 Å². The van der Waals surface area contributed by atoms with E-state index in [9.17, 15) is 23.9 Å². The first-order chi connectivity index (χ1) is 19.8. The number of amides is 4. The van der Waals surface area contributed by atoms with Crippen molar-refractivity contribution < 1.29 is 28.3 Å². The zero-order valence-corrected chi connectivity index (χ0v) is 21.6. The summed E-state index contributed by atoms with van der Waals surface area (Å²) < 4.78 is 20.7. The number of aromatic hydroxyl groups is 1. The van der Waals surface area contributed by atoms with Gasteiger partial charge in [-0.2, -0.15) is 5.10 Å². The van der Waals surface area contributed by atoms with Crippen LogP contribution in [-0.2, 0) is 16.9 Å². The molecule has 0 radical (unpaired) electrons. The summed E-state index contributed by atoms with van der Waals surface area (Å²) in [6.45, 7) is 1.39. The minimum absolute atomic E-state index is 0.0190. The smallest absolute Gasteiger partial charge is 0.322 e. The summed E-state index contributed by atoms with van der Waals surface area (Å²) in [5.41, 5.74) is -0.0112. The Morgan fingerprint density at radius 1 is 1.17 bits per heavy atom. The predicted molar refractivity (Wildman–Crippen MR) is 142 cm³/mol. The van der Waals surface area contributed by atoms with E-state index >= 15 is 0 Å². The number of H-pyrrole nitrogens is 1. The average molecular weight is 561 g/mol. The van der Waals surface area contributed by atoms with E-state index < -0.39 is 35.0 Å². The lowest BCUT2D eigenvalue weighted by Gasteiger charge is -2.34. The van der Waals surface area contributed by atoms with Crippen molar-refractivity contribution in [2.75, 3.05) is 24.5 Å². The molecule has 4 amide bonds. The molecule has 0 bridgehead atoms. The fourth-order valence-electron chi connectivity index (χ4n) is 5.90. The maximum Gasteiger partial charge on any atom is 0.322 e. The van der Waals surface area contributed by atoms with Gasteiger partial charge >= 0.3 is 6.03 Å². The SMILES string of the molecule is O=C1NC(=O)[C@](CN2Cc3ccc(O)c(F)c3C2=O)(c2cc3nc(N(c4cn[nH]c4)C4CCNCC4)ccc3o2)N1. The lowest BCUT2D eigenvalue weighted by Crippen LogP contribution is -2.52. The standard InChI is InChI=1S/C27H25FN8O5/c28-23-18(37)2-1-14-12-35(24(38)22(14)23)13-27(25(39)33-26(40)34-27)20-9-17-19(41-20)3-4-21(32-17)36(16-10-30-31-11-16)15-5-7-29-8-6-15/h1-4,9-11,15,29,37H,5-8,12-13H2,(H,30,31)(H2,33,34,39,40)/t27-/m0/s1. The van der Waals surface area contributed by atoms with E-state index in [0.717, 1.165) is 31.6 Å². The van der Waals surface area contributed by atoms with Gasteiger partial charge in [0.05, 0.1) is 24.0 Å². The number of hydrogen-bond donors (Lipinski definition) is 5. The Labute approximate surface area is 231 Å². The zero-order chi connectivity index (χ0) is 28.3. The van der Waals surface area contributed by atoms with Crippen molar-refractivity contribution in [2.45, 2.75) is 31.0 Å². The number of carbonyl (C=O) groups excluding carboxylic acids is 3. The maximum absolute atomic E-state index is 14.6. The van der Waals surface area contributed by atoms with E-state index in [1.54, 1.807) is 24.5 Å². The molecular formula is C27H25FN8O5. The Balaban J connectivity index is 1.26. The van der Waals surface area contributed by atoms with E-state index in [4.69, 9.17) is 9.40 Å². The van der Waals surface area contributed by atoms with Crippen molar-refractivity contribution in [3.8, 4) is 5.75 Å². The van der Waals surface area contributed by atoms with E-state index in [1.165, 1.54) is 17.0 Å². The summed E-state index contributed by atoms with van der Waals surface area (Å²) in [5, 5.41) is 24.9. The molecule has 3 aliphatic heterocycles. The van der Waals surface area contributed by atoms with Crippen molar-refractivity contribution in [1.29, 1.82) is 0 Å². The van der Waals surface area contributed by atoms with Crippen molar-refractivity contribution >= 4 is 40.5 Å². The molecule has 5 N–H and O–H groups in total. The normalized spacial score (nSPS) is 20.9. The van der Waals surface area contributed by atoms with Gasteiger partial charge in [-0.05, 0) is 49.7 Å². The Morgan fingerprint density at radius 3 is 2.73 bits per heavy atom. The molecular weight excluding hydrogens is 535 g/mol. The van der Waals surface area contributed by atoms with Crippen molar-refractivity contribution in [1.82, 2.24) is 36.0 Å². The van der Waals surface area contributed by atoms with Crippen LogP contribution in [-0.4, -0.2) is 68.7 Å². The number of phenolic OH excluding ortho intramolecular Hbond substituents is 1. The highest BCUT2D eigenvalue weighted by Crippen LogP contribution is 2.37. The molecule has 6 heterocycles. The number of piperidine rings is 1. The molecule has 4 aromatic rings. The first kappa shape index (κ1) is 25.0. The van der Waals surface area contributed by atoms with Gasteiger partial charge in [0.1, 0.15) is 17.1 Å². The minimum atomic E-state index is -1.78. The Morgan fingerprint density at radius 2 is 2.00 bits per heavy atom. The number of rotatable bonds is 6. The van der Waals surface area contributed by atoms with Crippen LogP contribution in [0, 0.1) is 5.82 Å². The van der Waals surface area contributed by atoms with Crippen LogP contribution >= 0.6 is 0 Å². The summed E-state index contributed by atoms with van der Waals surface area (Å²) in [7, 11) is 0. The van der Waals surface area contributed by atoms with Gasteiger partial charge in [-0.1, -0.05) is 6.07 Å². The summed E-state index contributed by atoms with van der Waals surface area (Å²) in [6, 6.07) is 7.18. The largest absolute Gasteiger partial charge is 0.505 e. The van der Waals surface area contributed by atoms with E-state index in [0.29, 0.717) is 22.5 Å². The molecule has 1 atom stereocenters. The molecule has 7 rings (SSSR count). The third-order valence-corrected chi connectivity index (χ3v) is 7.90. The van der Waals surface area contributed by atoms with Crippen LogP contribution in [0.15, 0.2) is 47.1 Å². The number of phenols is 1.